The average Bonchev–Trinajstić information content (AvgIpc) is 2.55. The second kappa shape index (κ2) is 4.86. The SMILES string of the molecule is CSCC(C)n1c(N)nc2cc(F)c(Br)cc21. The number of benzene rings is 1. The van der Waals surface area contributed by atoms with Gasteiger partial charge in [0.1, 0.15) is 5.82 Å². The van der Waals surface area contributed by atoms with Gasteiger partial charge in [-0.2, -0.15) is 11.8 Å². The zero-order valence-corrected chi connectivity index (χ0v) is 12.0. The van der Waals surface area contributed by atoms with Gasteiger partial charge in [0.25, 0.3) is 0 Å². The van der Waals surface area contributed by atoms with Gasteiger partial charge in [0.15, 0.2) is 0 Å². The average molecular weight is 318 g/mol. The third kappa shape index (κ3) is 2.28. The quantitative estimate of drug-likeness (QED) is 0.943. The molecule has 0 aliphatic carbocycles. The van der Waals surface area contributed by atoms with E-state index in [1.54, 1.807) is 17.8 Å². The van der Waals surface area contributed by atoms with Crippen LogP contribution in [-0.2, 0) is 0 Å². The van der Waals surface area contributed by atoms with Crippen LogP contribution in [0, 0.1) is 5.82 Å². The standard InChI is InChI=1S/C11H13BrFN3S/c1-6(5-17-2)16-10-3-7(12)8(13)4-9(10)15-11(16)14/h3-4,6H,5H2,1-2H3,(H2,14,15). The van der Waals surface area contributed by atoms with Crippen molar-refractivity contribution in [2.24, 2.45) is 0 Å². The van der Waals surface area contributed by atoms with Crippen LogP contribution in [-0.4, -0.2) is 21.6 Å². The minimum absolute atomic E-state index is 0.229. The molecule has 0 aliphatic heterocycles. The van der Waals surface area contributed by atoms with Crippen LogP contribution in [0.25, 0.3) is 11.0 Å². The van der Waals surface area contributed by atoms with Crippen molar-refractivity contribution in [3.05, 3.63) is 22.4 Å². The third-order valence-corrected chi connectivity index (χ3v) is 4.03. The number of thioether (sulfide) groups is 1. The lowest BCUT2D eigenvalue weighted by Gasteiger charge is -2.14. The van der Waals surface area contributed by atoms with E-state index in [0.717, 1.165) is 11.3 Å². The molecule has 0 bridgehead atoms. The molecule has 17 heavy (non-hydrogen) atoms. The minimum atomic E-state index is -0.320. The smallest absolute Gasteiger partial charge is 0.201 e. The van der Waals surface area contributed by atoms with Gasteiger partial charge >= 0.3 is 0 Å². The van der Waals surface area contributed by atoms with Crippen LogP contribution < -0.4 is 5.73 Å². The summed E-state index contributed by atoms with van der Waals surface area (Å²) in [6, 6.07) is 3.36. The van der Waals surface area contributed by atoms with E-state index in [1.807, 2.05) is 10.8 Å². The van der Waals surface area contributed by atoms with Crippen molar-refractivity contribution in [3.63, 3.8) is 0 Å². The second-order valence-electron chi connectivity index (χ2n) is 3.90. The van der Waals surface area contributed by atoms with Crippen LogP contribution >= 0.6 is 27.7 Å². The van der Waals surface area contributed by atoms with Gasteiger partial charge in [-0.15, -0.1) is 0 Å². The lowest BCUT2D eigenvalue weighted by Crippen LogP contribution is -2.10. The van der Waals surface area contributed by atoms with Crippen molar-refractivity contribution >= 4 is 44.7 Å². The summed E-state index contributed by atoms with van der Waals surface area (Å²) >= 11 is 4.93. The van der Waals surface area contributed by atoms with Gasteiger partial charge in [0.05, 0.1) is 15.5 Å². The number of anilines is 1. The molecule has 2 aromatic rings. The Kier molecular flexibility index (Phi) is 3.63. The minimum Gasteiger partial charge on any atom is -0.369 e. The maximum atomic E-state index is 13.4. The summed E-state index contributed by atoms with van der Waals surface area (Å²) < 4.78 is 15.8. The summed E-state index contributed by atoms with van der Waals surface area (Å²) in [6.45, 7) is 2.07. The van der Waals surface area contributed by atoms with Gasteiger partial charge in [-0.05, 0) is 35.2 Å². The van der Waals surface area contributed by atoms with Crippen LogP contribution in [0.4, 0.5) is 10.3 Å². The van der Waals surface area contributed by atoms with E-state index in [9.17, 15) is 4.39 Å². The lowest BCUT2D eigenvalue weighted by atomic mass is 10.3. The van der Waals surface area contributed by atoms with E-state index < -0.39 is 0 Å². The first-order chi connectivity index (χ1) is 8.04. The first kappa shape index (κ1) is 12.7. The predicted octanol–water partition coefficient (Wildman–Crippen LogP) is 3.44. The van der Waals surface area contributed by atoms with Crippen molar-refractivity contribution in [3.8, 4) is 0 Å². The highest BCUT2D eigenvalue weighted by molar-refractivity contribution is 9.10. The lowest BCUT2D eigenvalue weighted by molar-refractivity contribution is 0.620. The Morgan fingerprint density at radius 1 is 1.59 bits per heavy atom. The molecule has 1 aromatic heterocycles. The number of hydrogen-bond acceptors (Lipinski definition) is 3. The van der Waals surface area contributed by atoms with E-state index in [1.165, 1.54) is 6.07 Å². The third-order valence-electron chi connectivity index (χ3n) is 2.61. The summed E-state index contributed by atoms with van der Waals surface area (Å²) in [5.74, 6) is 1.05. The summed E-state index contributed by atoms with van der Waals surface area (Å²) in [5, 5.41) is 0. The first-order valence-corrected chi connectivity index (χ1v) is 7.34. The van der Waals surface area contributed by atoms with Crippen molar-refractivity contribution in [2.75, 3.05) is 17.7 Å². The number of nitrogens with zero attached hydrogens (tertiary/aromatic N) is 2. The molecule has 0 fully saturated rings. The van der Waals surface area contributed by atoms with Crippen molar-refractivity contribution in [2.45, 2.75) is 13.0 Å². The highest BCUT2D eigenvalue weighted by Gasteiger charge is 2.15. The van der Waals surface area contributed by atoms with E-state index in [0.29, 0.717) is 15.9 Å². The molecular weight excluding hydrogens is 305 g/mol. The maximum Gasteiger partial charge on any atom is 0.201 e. The van der Waals surface area contributed by atoms with Crippen LogP contribution in [0.5, 0.6) is 0 Å². The molecule has 0 saturated carbocycles. The number of imidazole rings is 1. The van der Waals surface area contributed by atoms with Gasteiger partial charge in [-0.1, -0.05) is 0 Å². The summed E-state index contributed by atoms with van der Waals surface area (Å²) in [7, 11) is 0. The number of halogens is 2. The molecule has 1 atom stereocenters. The van der Waals surface area contributed by atoms with Crippen molar-refractivity contribution in [1.82, 2.24) is 9.55 Å². The molecule has 0 radical (unpaired) electrons. The largest absolute Gasteiger partial charge is 0.369 e. The molecule has 0 saturated heterocycles. The summed E-state index contributed by atoms with van der Waals surface area (Å²) in [4.78, 5) is 4.19. The Labute approximate surface area is 112 Å². The zero-order chi connectivity index (χ0) is 12.6. The van der Waals surface area contributed by atoms with E-state index in [-0.39, 0.29) is 11.9 Å². The molecular formula is C11H13BrFN3S. The second-order valence-corrected chi connectivity index (χ2v) is 5.66. The normalized spacial score (nSPS) is 13.2. The fourth-order valence-corrected chi connectivity index (χ4v) is 2.85. The van der Waals surface area contributed by atoms with E-state index in [4.69, 9.17) is 5.73 Å². The van der Waals surface area contributed by atoms with E-state index in [2.05, 4.69) is 27.8 Å². The zero-order valence-electron chi connectivity index (χ0n) is 9.58. The molecule has 0 amide bonds. The van der Waals surface area contributed by atoms with Crippen LogP contribution in [0.15, 0.2) is 16.6 Å². The van der Waals surface area contributed by atoms with Gasteiger partial charge in [0.2, 0.25) is 5.95 Å². The fourth-order valence-electron chi connectivity index (χ4n) is 1.89. The van der Waals surface area contributed by atoms with Crippen LogP contribution in [0.3, 0.4) is 0 Å². The Bertz CT molecular complexity index is 555. The Balaban J connectivity index is 2.62. The number of nitrogens with two attached hydrogens (primary N) is 1. The molecule has 0 aliphatic rings. The van der Waals surface area contributed by atoms with Crippen molar-refractivity contribution in [1.29, 1.82) is 0 Å². The Morgan fingerprint density at radius 2 is 2.29 bits per heavy atom. The number of rotatable bonds is 3. The molecule has 3 nitrogen and oxygen atoms in total. The molecule has 1 unspecified atom stereocenters. The topological polar surface area (TPSA) is 43.8 Å². The molecule has 1 heterocycles. The number of aromatic nitrogens is 2. The van der Waals surface area contributed by atoms with Gasteiger partial charge in [-0.25, -0.2) is 9.37 Å². The number of nitrogen functional groups attached to an aromatic ring is 1. The van der Waals surface area contributed by atoms with Crippen LogP contribution in [0.2, 0.25) is 0 Å². The predicted molar refractivity (Wildman–Crippen MR) is 74.9 cm³/mol. The van der Waals surface area contributed by atoms with Gasteiger partial charge < -0.3 is 10.3 Å². The maximum absolute atomic E-state index is 13.4. The summed E-state index contributed by atoms with van der Waals surface area (Å²) in [5.41, 5.74) is 7.34. The molecule has 2 N–H and O–H groups in total. The van der Waals surface area contributed by atoms with Gasteiger partial charge in [-0.3, -0.25) is 0 Å². The summed E-state index contributed by atoms with van der Waals surface area (Å²) in [6.07, 6.45) is 2.04. The monoisotopic (exact) mass is 317 g/mol. The molecule has 2 rings (SSSR count). The van der Waals surface area contributed by atoms with Crippen LogP contribution in [0.1, 0.15) is 13.0 Å². The highest BCUT2D eigenvalue weighted by atomic mass is 79.9. The number of fused-ring (bicyclic) bond motifs is 1. The molecule has 6 heteroatoms. The molecule has 92 valence electrons. The van der Waals surface area contributed by atoms with Crippen molar-refractivity contribution < 1.29 is 4.39 Å². The molecule has 1 aromatic carbocycles. The van der Waals surface area contributed by atoms with E-state index >= 15 is 0 Å². The molecule has 0 spiro atoms. The fraction of sp³-hybridized carbons (Fsp3) is 0.364. The Morgan fingerprint density at radius 3 is 2.94 bits per heavy atom. The Hall–Kier alpha value is -0.750. The number of hydrogen-bond donors (Lipinski definition) is 1. The van der Waals surface area contributed by atoms with Gasteiger partial charge in [0, 0.05) is 17.9 Å². The highest BCUT2D eigenvalue weighted by Crippen LogP contribution is 2.28. The first-order valence-electron chi connectivity index (χ1n) is 5.16.